The Hall–Kier alpha value is -3.61. The van der Waals surface area contributed by atoms with Crippen molar-refractivity contribution >= 4 is 11.9 Å². The Morgan fingerprint density at radius 2 is 1.74 bits per heavy atom. The number of nitrogens with zero attached hydrogens (tertiary/aromatic N) is 2. The molecule has 1 unspecified atom stereocenters. The lowest BCUT2D eigenvalue weighted by Gasteiger charge is -2.14. The van der Waals surface area contributed by atoms with E-state index in [0.717, 1.165) is 28.4 Å². The van der Waals surface area contributed by atoms with Crippen molar-refractivity contribution in [3.05, 3.63) is 77.1 Å². The number of nitrogens with one attached hydrogen (secondary N) is 1. The van der Waals surface area contributed by atoms with E-state index < -0.39 is 12.1 Å². The van der Waals surface area contributed by atoms with Gasteiger partial charge in [-0.2, -0.15) is 5.10 Å². The molecule has 3 rings (SSSR count). The first-order valence-electron chi connectivity index (χ1n) is 10.1. The molecule has 1 amide bonds. The molecule has 1 N–H and O–H groups in total. The van der Waals surface area contributed by atoms with Crippen LogP contribution in [0.4, 0.5) is 0 Å². The fourth-order valence-electron chi connectivity index (χ4n) is 3.18. The molecule has 0 saturated heterocycles. The number of aromatic nitrogens is 2. The summed E-state index contributed by atoms with van der Waals surface area (Å²) in [6.07, 6.45) is -0.219. The van der Waals surface area contributed by atoms with Crippen LogP contribution in [0.15, 0.2) is 54.6 Å². The second kappa shape index (κ2) is 9.93. The Bertz CT molecular complexity index is 1040. The maximum absolute atomic E-state index is 12.4. The molecule has 31 heavy (non-hydrogen) atoms. The highest BCUT2D eigenvalue weighted by molar-refractivity contribution is 5.92. The molecule has 0 aliphatic rings. The summed E-state index contributed by atoms with van der Waals surface area (Å²) in [5, 5.41) is 7.22. The second-order valence-electron chi connectivity index (χ2n) is 7.32. The van der Waals surface area contributed by atoms with Crippen LogP contribution in [0, 0.1) is 13.8 Å². The van der Waals surface area contributed by atoms with E-state index >= 15 is 0 Å². The fourth-order valence-corrected chi connectivity index (χ4v) is 3.18. The lowest BCUT2D eigenvalue weighted by Crippen LogP contribution is -2.36. The summed E-state index contributed by atoms with van der Waals surface area (Å²) < 4.78 is 12.3. The van der Waals surface area contributed by atoms with Crippen molar-refractivity contribution in [3.63, 3.8) is 0 Å². The first-order valence-corrected chi connectivity index (χ1v) is 10.1. The number of amides is 1. The highest BCUT2D eigenvalue weighted by Crippen LogP contribution is 2.14. The molecule has 0 fully saturated rings. The number of methoxy groups -OCH3 is 1. The third-order valence-corrected chi connectivity index (χ3v) is 4.88. The molecule has 2 aromatic carbocycles. The van der Waals surface area contributed by atoms with Crippen LogP contribution in [0.3, 0.4) is 0 Å². The van der Waals surface area contributed by atoms with Crippen molar-refractivity contribution in [1.82, 2.24) is 15.1 Å². The predicted octanol–water partition coefficient (Wildman–Crippen LogP) is 3.40. The van der Waals surface area contributed by atoms with Crippen LogP contribution in [0.1, 0.15) is 34.2 Å². The van der Waals surface area contributed by atoms with Gasteiger partial charge in [0.2, 0.25) is 0 Å². The van der Waals surface area contributed by atoms with E-state index in [4.69, 9.17) is 9.47 Å². The zero-order valence-corrected chi connectivity index (χ0v) is 18.2. The normalized spacial score (nSPS) is 11.6. The summed E-state index contributed by atoms with van der Waals surface area (Å²) in [6, 6.07) is 16.6. The first-order chi connectivity index (χ1) is 14.9. The number of carbonyl (C=O) groups excluding carboxylic acids is 2. The Kier molecular flexibility index (Phi) is 7.07. The number of esters is 1. The second-order valence-corrected chi connectivity index (χ2v) is 7.32. The predicted molar refractivity (Wildman–Crippen MR) is 118 cm³/mol. The lowest BCUT2D eigenvalue weighted by molar-refractivity contribution is -0.129. The topological polar surface area (TPSA) is 82.5 Å². The molecule has 0 aliphatic heterocycles. The van der Waals surface area contributed by atoms with Gasteiger partial charge in [0.05, 0.1) is 24.1 Å². The van der Waals surface area contributed by atoms with Gasteiger partial charge < -0.3 is 14.8 Å². The number of hydrogen-bond acceptors (Lipinski definition) is 5. The molecule has 3 aromatic rings. The van der Waals surface area contributed by atoms with Crippen molar-refractivity contribution in [2.45, 2.75) is 33.3 Å². The number of ether oxygens (including phenoxy) is 2. The summed E-state index contributed by atoms with van der Waals surface area (Å²) in [7, 11) is 1.62. The molecule has 7 nitrogen and oxygen atoms in total. The summed E-state index contributed by atoms with van der Waals surface area (Å²) in [5.74, 6) is -0.0879. The van der Waals surface area contributed by atoms with Crippen molar-refractivity contribution in [1.29, 1.82) is 0 Å². The molecule has 0 spiro atoms. The van der Waals surface area contributed by atoms with E-state index in [9.17, 15) is 9.59 Å². The minimum absolute atomic E-state index is 0.332. The van der Waals surface area contributed by atoms with E-state index in [1.807, 2.05) is 48.9 Å². The summed E-state index contributed by atoms with van der Waals surface area (Å²) >= 11 is 0. The largest absolute Gasteiger partial charge is 0.497 e. The van der Waals surface area contributed by atoms with E-state index in [-0.39, 0.29) is 5.91 Å². The molecule has 1 aromatic heterocycles. The maximum atomic E-state index is 12.4. The fraction of sp³-hybridized carbons (Fsp3) is 0.292. The third-order valence-electron chi connectivity index (χ3n) is 4.88. The molecule has 0 radical (unpaired) electrons. The smallest absolute Gasteiger partial charge is 0.338 e. The standard InChI is InChI=1S/C24H27N3O4/c1-16-15-17(2)27(26-16)21-9-7-20(8-10-21)24(29)31-18(3)23(28)25-14-13-19-5-11-22(30-4)12-6-19/h5-12,15,18H,13-14H2,1-4H3,(H,25,28). The Morgan fingerprint density at radius 1 is 1.06 bits per heavy atom. The van der Waals surface area contributed by atoms with Crippen LogP contribution >= 0.6 is 0 Å². The Labute approximate surface area is 182 Å². The van der Waals surface area contributed by atoms with Gasteiger partial charge in [-0.25, -0.2) is 9.48 Å². The van der Waals surface area contributed by atoms with Gasteiger partial charge in [-0.1, -0.05) is 12.1 Å². The van der Waals surface area contributed by atoms with Crippen molar-refractivity contribution in [3.8, 4) is 11.4 Å². The number of aryl methyl sites for hydroxylation is 2. The molecule has 0 aliphatic carbocycles. The summed E-state index contributed by atoms with van der Waals surface area (Å²) in [5.41, 5.74) is 4.24. The monoisotopic (exact) mass is 421 g/mol. The molecular formula is C24H27N3O4. The van der Waals surface area contributed by atoms with Crippen molar-refractivity contribution in [2.75, 3.05) is 13.7 Å². The van der Waals surface area contributed by atoms with Gasteiger partial charge in [-0.05, 0) is 75.2 Å². The minimum Gasteiger partial charge on any atom is -0.497 e. The molecule has 7 heteroatoms. The van der Waals surface area contributed by atoms with E-state index in [1.54, 1.807) is 38.3 Å². The zero-order valence-electron chi connectivity index (χ0n) is 18.2. The average Bonchev–Trinajstić information content (AvgIpc) is 3.12. The Balaban J connectivity index is 1.49. The van der Waals surface area contributed by atoms with Crippen molar-refractivity contribution < 1.29 is 19.1 Å². The number of carbonyl (C=O) groups is 2. The van der Waals surface area contributed by atoms with E-state index in [2.05, 4.69) is 10.4 Å². The van der Waals surface area contributed by atoms with E-state index in [0.29, 0.717) is 18.5 Å². The molecular weight excluding hydrogens is 394 g/mol. The number of benzene rings is 2. The highest BCUT2D eigenvalue weighted by atomic mass is 16.5. The van der Waals surface area contributed by atoms with E-state index in [1.165, 1.54) is 0 Å². The van der Waals surface area contributed by atoms with Gasteiger partial charge in [0, 0.05) is 12.2 Å². The molecule has 0 bridgehead atoms. The molecule has 1 atom stereocenters. The van der Waals surface area contributed by atoms with Crippen LogP contribution < -0.4 is 10.1 Å². The van der Waals surface area contributed by atoms with Gasteiger partial charge >= 0.3 is 5.97 Å². The number of hydrogen-bond donors (Lipinski definition) is 1. The van der Waals surface area contributed by atoms with Crippen molar-refractivity contribution in [2.24, 2.45) is 0 Å². The van der Waals surface area contributed by atoms with Crippen LogP contribution in [0.5, 0.6) is 5.75 Å². The lowest BCUT2D eigenvalue weighted by atomic mass is 10.1. The SMILES string of the molecule is COc1ccc(CCNC(=O)C(C)OC(=O)c2ccc(-n3nc(C)cc3C)cc2)cc1. The highest BCUT2D eigenvalue weighted by Gasteiger charge is 2.18. The summed E-state index contributed by atoms with van der Waals surface area (Å²) in [6.45, 7) is 5.91. The average molecular weight is 421 g/mol. The summed E-state index contributed by atoms with van der Waals surface area (Å²) in [4.78, 5) is 24.7. The number of rotatable bonds is 8. The van der Waals surface area contributed by atoms with Crippen LogP contribution in [-0.4, -0.2) is 41.4 Å². The van der Waals surface area contributed by atoms with Gasteiger partial charge in [-0.3, -0.25) is 4.79 Å². The molecule has 0 saturated carbocycles. The maximum Gasteiger partial charge on any atom is 0.338 e. The van der Waals surface area contributed by atoms with Gasteiger partial charge in [0.25, 0.3) is 5.91 Å². The third kappa shape index (κ3) is 5.72. The Morgan fingerprint density at radius 3 is 2.32 bits per heavy atom. The zero-order chi connectivity index (χ0) is 22.4. The van der Waals surface area contributed by atoms with Gasteiger partial charge in [-0.15, -0.1) is 0 Å². The van der Waals surface area contributed by atoms with Crippen LogP contribution in [-0.2, 0) is 16.0 Å². The van der Waals surface area contributed by atoms with Crippen LogP contribution in [0.2, 0.25) is 0 Å². The van der Waals surface area contributed by atoms with Crippen LogP contribution in [0.25, 0.3) is 5.69 Å². The van der Waals surface area contributed by atoms with Gasteiger partial charge in [0.15, 0.2) is 6.10 Å². The quantitative estimate of drug-likeness (QED) is 0.564. The first kappa shape index (κ1) is 22.1. The minimum atomic E-state index is -0.890. The molecule has 1 heterocycles. The molecule has 162 valence electrons. The van der Waals surface area contributed by atoms with Gasteiger partial charge in [0.1, 0.15) is 5.75 Å².